The van der Waals surface area contributed by atoms with Crippen molar-refractivity contribution in [1.29, 1.82) is 0 Å². The van der Waals surface area contributed by atoms with E-state index in [0.717, 1.165) is 11.1 Å². The first kappa shape index (κ1) is 13.4. The van der Waals surface area contributed by atoms with Crippen LogP contribution in [-0.2, 0) is 6.54 Å². The minimum Gasteiger partial charge on any atom is -0.311 e. The standard InChI is InChI=1S/C19H17NO/c1-15-7-6-12-20(19(15)21)14-16-8-5-11-18(13-16)17-9-3-2-4-10-17/h2-13H,14H2,1H3. The van der Waals surface area contributed by atoms with Gasteiger partial charge in [-0.1, -0.05) is 54.6 Å². The highest BCUT2D eigenvalue weighted by molar-refractivity contribution is 5.63. The Morgan fingerprint density at radius 3 is 2.43 bits per heavy atom. The van der Waals surface area contributed by atoms with Crippen LogP contribution in [0.15, 0.2) is 77.7 Å². The Bertz CT molecular complexity index is 803. The Morgan fingerprint density at radius 1 is 0.857 bits per heavy atom. The van der Waals surface area contributed by atoms with E-state index in [-0.39, 0.29) is 5.56 Å². The van der Waals surface area contributed by atoms with E-state index in [4.69, 9.17) is 0 Å². The highest BCUT2D eigenvalue weighted by atomic mass is 16.1. The third kappa shape index (κ3) is 2.95. The molecule has 0 radical (unpaired) electrons. The van der Waals surface area contributed by atoms with Crippen molar-refractivity contribution in [2.75, 3.05) is 0 Å². The molecule has 0 saturated heterocycles. The van der Waals surface area contributed by atoms with Gasteiger partial charge >= 0.3 is 0 Å². The van der Waals surface area contributed by atoms with E-state index in [1.54, 1.807) is 4.57 Å². The molecule has 2 aromatic carbocycles. The zero-order valence-corrected chi connectivity index (χ0v) is 12.0. The number of hydrogen-bond acceptors (Lipinski definition) is 1. The van der Waals surface area contributed by atoms with Crippen LogP contribution in [0.5, 0.6) is 0 Å². The minimum absolute atomic E-state index is 0.0719. The summed E-state index contributed by atoms with van der Waals surface area (Å²) < 4.78 is 1.75. The lowest BCUT2D eigenvalue weighted by molar-refractivity contribution is 0.753. The van der Waals surface area contributed by atoms with Gasteiger partial charge < -0.3 is 4.57 Å². The molecule has 2 heteroatoms. The molecule has 0 spiro atoms. The highest BCUT2D eigenvalue weighted by Gasteiger charge is 2.02. The van der Waals surface area contributed by atoms with E-state index in [1.807, 2.05) is 49.5 Å². The monoisotopic (exact) mass is 275 g/mol. The molecule has 1 aromatic heterocycles. The van der Waals surface area contributed by atoms with Crippen LogP contribution in [0.4, 0.5) is 0 Å². The van der Waals surface area contributed by atoms with Crippen molar-refractivity contribution in [3.63, 3.8) is 0 Å². The van der Waals surface area contributed by atoms with Gasteiger partial charge in [-0.2, -0.15) is 0 Å². The molecule has 0 N–H and O–H groups in total. The van der Waals surface area contributed by atoms with Crippen molar-refractivity contribution in [2.24, 2.45) is 0 Å². The maximum Gasteiger partial charge on any atom is 0.253 e. The number of nitrogens with zero attached hydrogens (tertiary/aromatic N) is 1. The average Bonchev–Trinajstić information content (AvgIpc) is 2.53. The molecule has 2 nitrogen and oxygen atoms in total. The number of rotatable bonds is 3. The number of hydrogen-bond donors (Lipinski definition) is 0. The summed E-state index contributed by atoms with van der Waals surface area (Å²) in [6.45, 7) is 2.44. The Morgan fingerprint density at radius 2 is 1.62 bits per heavy atom. The average molecular weight is 275 g/mol. The molecule has 0 aliphatic carbocycles. The molecule has 104 valence electrons. The number of aromatic nitrogens is 1. The summed E-state index contributed by atoms with van der Waals surface area (Å²) in [6, 6.07) is 22.4. The summed E-state index contributed by atoms with van der Waals surface area (Å²) in [5.74, 6) is 0. The molecule has 1 heterocycles. The van der Waals surface area contributed by atoms with Crippen LogP contribution in [0.1, 0.15) is 11.1 Å². The molecule has 3 aromatic rings. The zero-order valence-electron chi connectivity index (χ0n) is 12.0. The summed E-state index contributed by atoms with van der Waals surface area (Å²) in [6.07, 6.45) is 1.84. The number of pyridine rings is 1. The number of aryl methyl sites for hydroxylation is 1. The summed E-state index contributed by atoms with van der Waals surface area (Å²) >= 11 is 0. The van der Waals surface area contributed by atoms with Crippen LogP contribution in [0, 0.1) is 6.92 Å². The van der Waals surface area contributed by atoms with E-state index in [9.17, 15) is 4.79 Å². The Labute approximate surface area is 124 Å². The van der Waals surface area contributed by atoms with E-state index in [2.05, 4.69) is 30.3 Å². The fraction of sp³-hybridized carbons (Fsp3) is 0.105. The van der Waals surface area contributed by atoms with Gasteiger partial charge in [0.15, 0.2) is 0 Å². The Balaban J connectivity index is 1.94. The molecule has 0 saturated carbocycles. The van der Waals surface area contributed by atoms with E-state index in [1.165, 1.54) is 11.1 Å². The second kappa shape index (κ2) is 5.80. The van der Waals surface area contributed by atoms with Gasteiger partial charge in [-0.15, -0.1) is 0 Å². The maximum absolute atomic E-state index is 12.1. The SMILES string of the molecule is Cc1cccn(Cc2cccc(-c3ccccc3)c2)c1=O. The van der Waals surface area contributed by atoms with Crippen LogP contribution >= 0.6 is 0 Å². The van der Waals surface area contributed by atoms with Gasteiger partial charge in [0.25, 0.3) is 5.56 Å². The van der Waals surface area contributed by atoms with Gasteiger partial charge in [-0.05, 0) is 35.7 Å². The zero-order chi connectivity index (χ0) is 14.7. The Kier molecular flexibility index (Phi) is 3.69. The van der Waals surface area contributed by atoms with Crippen LogP contribution < -0.4 is 5.56 Å². The van der Waals surface area contributed by atoms with Crippen LogP contribution in [0.3, 0.4) is 0 Å². The predicted octanol–water partition coefficient (Wildman–Crippen LogP) is 3.87. The number of benzene rings is 2. The normalized spacial score (nSPS) is 10.5. The van der Waals surface area contributed by atoms with Gasteiger partial charge in [0, 0.05) is 11.8 Å². The topological polar surface area (TPSA) is 22.0 Å². The summed E-state index contributed by atoms with van der Waals surface area (Å²) in [4.78, 5) is 12.1. The summed E-state index contributed by atoms with van der Waals surface area (Å²) in [5, 5.41) is 0. The first-order valence-corrected chi connectivity index (χ1v) is 7.04. The second-order valence-corrected chi connectivity index (χ2v) is 5.19. The Hall–Kier alpha value is -2.61. The van der Waals surface area contributed by atoms with Crippen molar-refractivity contribution < 1.29 is 0 Å². The molecule has 0 bridgehead atoms. The van der Waals surface area contributed by atoms with Crippen molar-refractivity contribution in [3.05, 3.63) is 94.4 Å². The molecule has 0 atom stereocenters. The van der Waals surface area contributed by atoms with E-state index >= 15 is 0 Å². The fourth-order valence-corrected chi connectivity index (χ4v) is 2.46. The summed E-state index contributed by atoms with van der Waals surface area (Å²) in [7, 11) is 0. The lowest BCUT2D eigenvalue weighted by Crippen LogP contribution is -2.21. The predicted molar refractivity (Wildman–Crippen MR) is 86.4 cm³/mol. The van der Waals surface area contributed by atoms with Gasteiger partial charge in [0.2, 0.25) is 0 Å². The van der Waals surface area contributed by atoms with Crippen molar-refractivity contribution in [2.45, 2.75) is 13.5 Å². The van der Waals surface area contributed by atoms with E-state index in [0.29, 0.717) is 6.54 Å². The van der Waals surface area contributed by atoms with Crippen molar-refractivity contribution in [1.82, 2.24) is 4.57 Å². The van der Waals surface area contributed by atoms with Crippen LogP contribution in [0.25, 0.3) is 11.1 Å². The molecule has 0 fully saturated rings. The fourth-order valence-electron chi connectivity index (χ4n) is 2.46. The van der Waals surface area contributed by atoms with Gasteiger partial charge in [-0.25, -0.2) is 0 Å². The molecule has 0 aliphatic heterocycles. The quantitative estimate of drug-likeness (QED) is 0.711. The molecule has 21 heavy (non-hydrogen) atoms. The third-order valence-corrected chi connectivity index (χ3v) is 3.60. The maximum atomic E-state index is 12.1. The van der Waals surface area contributed by atoms with Crippen LogP contribution in [0.2, 0.25) is 0 Å². The smallest absolute Gasteiger partial charge is 0.253 e. The third-order valence-electron chi connectivity index (χ3n) is 3.60. The molecule has 0 amide bonds. The van der Waals surface area contributed by atoms with Gasteiger partial charge in [0.1, 0.15) is 0 Å². The summed E-state index contributed by atoms with van der Waals surface area (Å²) in [5.41, 5.74) is 4.34. The van der Waals surface area contributed by atoms with Crippen molar-refractivity contribution in [3.8, 4) is 11.1 Å². The lowest BCUT2D eigenvalue weighted by Gasteiger charge is -2.08. The van der Waals surface area contributed by atoms with Crippen LogP contribution in [-0.4, -0.2) is 4.57 Å². The first-order valence-electron chi connectivity index (χ1n) is 7.04. The highest BCUT2D eigenvalue weighted by Crippen LogP contribution is 2.20. The lowest BCUT2D eigenvalue weighted by atomic mass is 10.0. The molecule has 0 aliphatic rings. The largest absolute Gasteiger partial charge is 0.311 e. The second-order valence-electron chi connectivity index (χ2n) is 5.19. The molecule has 0 unspecified atom stereocenters. The van der Waals surface area contributed by atoms with E-state index < -0.39 is 0 Å². The first-order chi connectivity index (χ1) is 10.2. The molecular weight excluding hydrogens is 258 g/mol. The van der Waals surface area contributed by atoms with Gasteiger partial charge in [0.05, 0.1) is 6.54 Å². The molecule has 3 rings (SSSR count). The minimum atomic E-state index is 0.0719. The molecular formula is C19H17NO. The van der Waals surface area contributed by atoms with Gasteiger partial charge in [-0.3, -0.25) is 4.79 Å². The van der Waals surface area contributed by atoms with Crippen molar-refractivity contribution >= 4 is 0 Å².